The highest BCUT2D eigenvalue weighted by molar-refractivity contribution is 5.85. The van der Waals surface area contributed by atoms with Crippen molar-refractivity contribution in [3.63, 3.8) is 0 Å². The molecule has 6 heteroatoms. The monoisotopic (exact) mass is 318 g/mol. The fraction of sp³-hybridized carbons (Fsp3) is 0.533. The highest BCUT2D eigenvalue weighted by Crippen LogP contribution is 2.17. The molecule has 0 heterocycles. The number of aryl methyl sites for hydroxylation is 1. The molecule has 0 bridgehead atoms. The Labute approximate surface area is 129 Å². The summed E-state index contributed by atoms with van der Waals surface area (Å²) in [5, 5.41) is 2.93. The second kappa shape index (κ2) is 8.29. The minimum absolute atomic E-state index is 0. The highest BCUT2D eigenvalue weighted by atomic mass is 35.5. The van der Waals surface area contributed by atoms with Gasteiger partial charge in [0.15, 0.2) is 11.6 Å². The van der Waals surface area contributed by atoms with Crippen LogP contribution in [0.4, 0.5) is 8.78 Å². The standard InChI is InChI=1S/C15H20F2N2O.ClH/c16-13-3-1-2-10(15(13)17)4-9-14(20)19-12-7-5-11(18)6-8-12;/h1-3,11-12H,4-9,18H2,(H,19,20);1H. The molecule has 1 amide bonds. The van der Waals surface area contributed by atoms with Gasteiger partial charge in [-0.05, 0) is 43.7 Å². The number of amides is 1. The zero-order valence-corrected chi connectivity index (χ0v) is 12.6. The average molecular weight is 319 g/mol. The van der Waals surface area contributed by atoms with E-state index >= 15 is 0 Å². The lowest BCUT2D eigenvalue weighted by molar-refractivity contribution is -0.122. The van der Waals surface area contributed by atoms with Crippen LogP contribution >= 0.6 is 12.4 Å². The van der Waals surface area contributed by atoms with Gasteiger partial charge in [0.25, 0.3) is 0 Å². The first kappa shape index (κ1) is 17.9. The van der Waals surface area contributed by atoms with E-state index < -0.39 is 11.6 Å². The van der Waals surface area contributed by atoms with Crippen molar-refractivity contribution in [1.82, 2.24) is 5.32 Å². The molecule has 1 aliphatic rings. The summed E-state index contributed by atoms with van der Waals surface area (Å²) in [7, 11) is 0. The number of carbonyl (C=O) groups excluding carboxylic acids is 1. The van der Waals surface area contributed by atoms with Crippen LogP contribution in [0, 0.1) is 11.6 Å². The Morgan fingerprint density at radius 2 is 1.90 bits per heavy atom. The van der Waals surface area contributed by atoms with Gasteiger partial charge in [-0.1, -0.05) is 12.1 Å². The smallest absolute Gasteiger partial charge is 0.220 e. The summed E-state index contributed by atoms with van der Waals surface area (Å²) in [4.78, 5) is 11.8. The van der Waals surface area contributed by atoms with E-state index in [-0.39, 0.29) is 48.8 Å². The molecular weight excluding hydrogens is 298 g/mol. The first-order chi connectivity index (χ1) is 9.56. The Bertz CT molecular complexity index is 477. The van der Waals surface area contributed by atoms with Crippen molar-refractivity contribution in [2.24, 2.45) is 5.73 Å². The number of benzene rings is 1. The SMILES string of the molecule is Cl.NC1CCC(NC(=O)CCc2cccc(F)c2F)CC1. The summed E-state index contributed by atoms with van der Waals surface area (Å²) < 4.78 is 26.5. The van der Waals surface area contributed by atoms with Crippen LogP contribution in [0.3, 0.4) is 0 Å². The van der Waals surface area contributed by atoms with Crippen LogP contribution in [0.2, 0.25) is 0 Å². The largest absolute Gasteiger partial charge is 0.353 e. The number of nitrogens with two attached hydrogens (primary N) is 1. The van der Waals surface area contributed by atoms with E-state index in [1.165, 1.54) is 12.1 Å². The molecule has 0 aromatic heterocycles. The molecule has 1 aliphatic carbocycles. The van der Waals surface area contributed by atoms with Crippen LogP contribution in [0.15, 0.2) is 18.2 Å². The number of hydrogen-bond donors (Lipinski definition) is 2. The Morgan fingerprint density at radius 3 is 2.57 bits per heavy atom. The van der Waals surface area contributed by atoms with E-state index in [4.69, 9.17) is 5.73 Å². The Hall–Kier alpha value is -1.20. The molecule has 2 rings (SSSR count). The summed E-state index contributed by atoms with van der Waals surface area (Å²) >= 11 is 0. The van der Waals surface area contributed by atoms with Crippen molar-refractivity contribution in [1.29, 1.82) is 0 Å². The maximum absolute atomic E-state index is 13.4. The lowest BCUT2D eigenvalue weighted by atomic mass is 9.91. The van der Waals surface area contributed by atoms with Crippen molar-refractivity contribution in [2.45, 2.75) is 50.6 Å². The fourth-order valence-electron chi connectivity index (χ4n) is 2.55. The van der Waals surface area contributed by atoms with E-state index in [1.807, 2.05) is 0 Å². The van der Waals surface area contributed by atoms with Gasteiger partial charge >= 0.3 is 0 Å². The molecule has 0 saturated heterocycles. The van der Waals surface area contributed by atoms with Crippen molar-refractivity contribution >= 4 is 18.3 Å². The van der Waals surface area contributed by atoms with Crippen LogP contribution in [0.1, 0.15) is 37.7 Å². The third kappa shape index (κ3) is 5.25. The molecule has 3 N–H and O–H groups in total. The van der Waals surface area contributed by atoms with Gasteiger partial charge in [-0.25, -0.2) is 8.78 Å². The first-order valence-electron chi connectivity index (χ1n) is 7.04. The van der Waals surface area contributed by atoms with Gasteiger partial charge in [-0.15, -0.1) is 12.4 Å². The maximum Gasteiger partial charge on any atom is 0.220 e. The summed E-state index contributed by atoms with van der Waals surface area (Å²) in [6.07, 6.45) is 4.00. The van der Waals surface area contributed by atoms with Crippen molar-refractivity contribution in [3.05, 3.63) is 35.4 Å². The fourth-order valence-corrected chi connectivity index (χ4v) is 2.55. The lowest BCUT2D eigenvalue weighted by Gasteiger charge is -2.26. The molecular formula is C15H21ClF2N2O. The van der Waals surface area contributed by atoms with E-state index in [1.54, 1.807) is 0 Å². The third-order valence-electron chi connectivity index (χ3n) is 3.79. The van der Waals surface area contributed by atoms with Gasteiger partial charge in [-0.2, -0.15) is 0 Å². The molecule has 3 nitrogen and oxygen atoms in total. The number of rotatable bonds is 4. The quantitative estimate of drug-likeness (QED) is 0.897. The molecule has 0 unspecified atom stereocenters. The average Bonchev–Trinajstić information content (AvgIpc) is 2.43. The molecule has 0 aliphatic heterocycles. The number of halogens is 3. The van der Waals surface area contributed by atoms with Crippen molar-refractivity contribution in [3.8, 4) is 0 Å². The Kier molecular flexibility index (Phi) is 7.05. The van der Waals surface area contributed by atoms with Crippen LogP contribution in [-0.4, -0.2) is 18.0 Å². The minimum Gasteiger partial charge on any atom is -0.353 e. The van der Waals surface area contributed by atoms with E-state index in [2.05, 4.69) is 5.32 Å². The summed E-state index contributed by atoms with van der Waals surface area (Å²) in [5.74, 6) is -1.85. The van der Waals surface area contributed by atoms with Gasteiger partial charge in [0.1, 0.15) is 0 Å². The predicted molar refractivity (Wildman–Crippen MR) is 80.3 cm³/mol. The van der Waals surface area contributed by atoms with E-state index in [0.29, 0.717) is 0 Å². The van der Waals surface area contributed by atoms with Crippen LogP contribution in [0.5, 0.6) is 0 Å². The Balaban J connectivity index is 0.00000220. The summed E-state index contributed by atoms with van der Waals surface area (Å²) in [5.41, 5.74) is 6.04. The molecule has 21 heavy (non-hydrogen) atoms. The Morgan fingerprint density at radius 1 is 1.24 bits per heavy atom. The second-order valence-electron chi connectivity index (χ2n) is 5.39. The topological polar surface area (TPSA) is 55.1 Å². The van der Waals surface area contributed by atoms with Gasteiger partial charge in [-0.3, -0.25) is 4.79 Å². The molecule has 1 saturated carbocycles. The van der Waals surface area contributed by atoms with Crippen LogP contribution in [-0.2, 0) is 11.2 Å². The molecule has 1 aromatic rings. The van der Waals surface area contributed by atoms with Gasteiger partial charge in [0.05, 0.1) is 0 Å². The zero-order chi connectivity index (χ0) is 14.5. The van der Waals surface area contributed by atoms with Gasteiger partial charge in [0.2, 0.25) is 5.91 Å². The van der Waals surface area contributed by atoms with Crippen molar-refractivity contribution in [2.75, 3.05) is 0 Å². The van der Waals surface area contributed by atoms with Gasteiger partial charge in [0, 0.05) is 18.5 Å². The lowest BCUT2D eigenvalue weighted by Crippen LogP contribution is -2.40. The van der Waals surface area contributed by atoms with Crippen LogP contribution < -0.4 is 11.1 Å². The second-order valence-corrected chi connectivity index (χ2v) is 5.39. The van der Waals surface area contributed by atoms with Crippen LogP contribution in [0.25, 0.3) is 0 Å². The number of nitrogens with one attached hydrogen (secondary N) is 1. The first-order valence-corrected chi connectivity index (χ1v) is 7.04. The predicted octanol–water partition coefficient (Wildman–Crippen LogP) is 2.71. The van der Waals surface area contributed by atoms with E-state index in [0.717, 1.165) is 31.7 Å². The third-order valence-corrected chi connectivity index (χ3v) is 3.79. The zero-order valence-electron chi connectivity index (χ0n) is 11.8. The summed E-state index contributed by atoms with van der Waals surface area (Å²) in [6.45, 7) is 0. The van der Waals surface area contributed by atoms with Crippen molar-refractivity contribution < 1.29 is 13.6 Å². The normalized spacial score (nSPS) is 21.5. The molecule has 0 radical (unpaired) electrons. The van der Waals surface area contributed by atoms with E-state index in [9.17, 15) is 13.6 Å². The molecule has 0 spiro atoms. The molecule has 1 fully saturated rings. The highest BCUT2D eigenvalue weighted by Gasteiger charge is 2.20. The molecule has 0 atom stereocenters. The maximum atomic E-state index is 13.4. The molecule has 118 valence electrons. The summed E-state index contributed by atoms with van der Waals surface area (Å²) in [6, 6.07) is 4.44. The number of hydrogen-bond acceptors (Lipinski definition) is 2. The van der Waals surface area contributed by atoms with Gasteiger partial charge < -0.3 is 11.1 Å². The molecule has 1 aromatic carbocycles. The number of carbonyl (C=O) groups is 1. The minimum atomic E-state index is -0.871.